The number of nitrogens with zero attached hydrogens (tertiary/aromatic N) is 4. The number of aromatic nitrogens is 2. The average molecular weight is 374 g/mol. The fourth-order valence-electron chi connectivity index (χ4n) is 2.53. The summed E-state index contributed by atoms with van der Waals surface area (Å²) < 4.78 is 5.45. The van der Waals surface area contributed by atoms with Crippen LogP contribution >= 0.6 is 0 Å². The molecular formula is C18H10N6O4. The average Bonchev–Trinajstić information content (AvgIpc) is 2.68. The van der Waals surface area contributed by atoms with Crippen LogP contribution in [0.2, 0.25) is 0 Å². The van der Waals surface area contributed by atoms with Gasteiger partial charge in [-0.2, -0.15) is 10.5 Å². The van der Waals surface area contributed by atoms with Crippen LogP contribution in [0.3, 0.4) is 0 Å². The highest BCUT2D eigenvalue weighted by Crippen LogP contribution is 2.32. The molecule has 28 heavy (non-hydrogen) atoms. The summed E-state index contributed by atoms with van der Waals surface area (Å²) in [6.45, 7) is 0. The van der Waals surface area contributed by atoms with E-state index in [-0.39, 0.29) is 39.8 Å². The summed E-state index contributed by atoms with van der Waals surface area (Å²) in [4.78, 5) is 28.5. The molecule has 1 aromatic carbocycles. The molecule has 0 saturated carbocycles. The first-order chi connectivity index (χ1) is 13.5. The van der Waals surface area contributed by atoms with Crippen LogP contribution in [-0.4, -0.2) is 14.9 Å². The SMILES string of the molecule is N#Cc1c(N)[nH]c(=O)c(C#N)c1-c1ccc(Oc2ncccc2[N+](=O)[O-])cc1. The number of pyridine rings is 2. The topological polar surface area (TPSA) is 172 Å². The number of nitrogens with two attached hydrogens (primary N) is 1. The second-order valence-corrected chi connectivity index (χ2v) is 5.43. The molecule has 2 aromatic heterocycles. The normalized spacial score (nSPS) is 9.93. The number of rotatable bonds is 4. The quantitative estimate of drug-likeness (QED) is 0.517. The van der Waals surface area contributed by atoms with Gasteiger partial charge in [0.15, 0.2) is 0 Å². The van der Waals surface area contributed by atoms with Crippen molar-refractivity contribution >= 4 is 11.5 Å². The Bertz CT molecular complexity index is 1220. The second-order valence-electron chi connectivity index (χ2n) is 5.43. The Labute approximate surface area is 157 Å². The maximum atomic E-state index is 12.0. The highest BCUT2D eigenvalue weighted by molar-refractivity contribution is 5.80. The van der Waals surface area contributed by atoms with Gasteiger partial charge < -0.3 is 15.5 Å². The van der Waals surface area contributed by atoms with Gasteiger partial charge in [-0.3, -0.25) is 14.9 Å². The molecule has 0 fully saturated rings. The lowest BCUT2D eigenvalue weighted by Crippen LogP contribution is -2.16. The summed E-state index contributed by atoms with van der Waals surface area (Å²) in [6, 6.07) is 12.3. The highest BCUT2D eigenvalue weighted by Gasteiger charge is 2.19. The van der Waals surface area contributed by atoms with E-state index in [1.54, 1.807) is 6.07 Å². The van der Waals surface area contributed by atoms with Crippen molar-refractivity contribution in [3.8, 4) is 34.9 Å². The Kier molecular flexibility index (Phi) is 4.70. The number of hydrogen-bond acceptors (Lipinski definition) is 8. The van der Waals surface area contributed by atoms with Crippen molar-refractivity contribution in [2.45, 2.75) is 0 Å². The molecule has 0 saturated heterocycles. The lowest BCUT2D eigenvalue weighted by Gasteiger charge is -2.10. The van der Waals surface area contributed by atoms with E-state index >= 15 is 0 Å². The molecule has 0 bridgehead atoms. The molecule has 136 valence electrons. The Hall–Kier alpha value is -4.70. The van der Waals surface area contributed by atoms with Crippen molar-refractivity contribution in [2.75, 3.05) is 5.73 Å². The minimum Gasteiger partial charge on any atom is -0.434 e. The summed E-state index contributed by atoms with van der Waals surface area (Å²) in [5.41, 5.74) is 4.87. The van der Waals surface area contributed by atoms with Crippen LogP contribution in [0, 0.1) is 32.8 Å². The van der Waals surface area contributed by atoms with Gasteiger partial charge in [0, 0.05) is 17.8 Å². The molecule has 0 spiro atoms. The van der Waals surface area contributed by atoms with Crippen molar-refractivity contribution in [1.82, 2.24) is 9.97 Å². The summed E-state index contributed by atoms with van der Waals surface area (Å²) >= 11 is 0. The molecule has 3 rings (SSSR count). The van der Waals surface area contributed by atoms with Crippen LogP contribution in [0.15, 0.2) is 47.4 Å². The largest absolute Gasteiger partial charge is 0.434 e. The van der Waals surface area contributed by atoms with Gasteiger partial charge in [0.1, 0.15) is 34.8 Å². The number of nitriles is 2. The molecule has 0 aliphatic carbocycles. The summed E-state index contributed by atoms with van der Waals surface area (Å²) in [7, 11) is 0. The molecule has 2 heterocycles. The Balaban J connectivity index is 2.04. The number of nitrogen functional groups attached to an aromatic ring is 1. The smallest absolute Gasteiger partial charge is 0.331 e. The van der Waals surface area contributed by atoms with Crippen molar-refractivity contribution < 1.29 is 9.66 Å². The van der Waals surface area contributed by atoms with Crippen molar-refractivity contribution in [1.29, 1.82) is 10.5 Å². The third-order valence-corrected chi connectivity index (χ3v) is 3.77. The van der Waals surface area contributed by atoms with E-state index in [0.29, 0.717) is 5.56 Å². The zero-order valence-electron chi connectivity index (χ0n) is 14.0. The van der Waals surface area contributed by atoms with Crippen LogP contribution in [0.25, 0.3) is 11.1 Å². The predicted molar refractivity (Wildman–Crippen MR) is 97.3 cm³/mol. The summed E-state index contributed by atoms with van der Waals surface area (Å²) in [5.74, 6) is -0.0950. The van der Waals surface area contributed by atoms with Crippen LogP contribution in [-0.2, 0) is 0 Å². The van der Waals surface area contributed by atoms with Gasteiger partial charge in [-0.15, -0.1) is 0 Å². The number of aromatic amines is 1. The van der Waals surface area contributed by atoms with Crippen LogP contribution < -0.4 is 16.0 Å². The first kappa shape index (κ1) is 18.1. The Morgan fingerprint density at radius 3 is 2.43 bits per heavy atom. The van der Waals surface area contributed by atoms with Gasteiger partial charge in [0.05, 0.1) is 4.92 Å². The number of nitro groups is 1. The van der Waals surface area contributed by atoms with E-state index in [2.05, 4.69) is 9.97 Å². The number of ether oxygens (including phenoxy) is 1. The van der Waals surface area contributed by atoms with Crippen LogP contribution in [0.1, 0.15) is 11.1 Å². The molecule has 0 unspecified atom stereocenters. The van der Waals surface area contributed by atoms with E-state index in [1.807, 2.05) is 6.07 Å². The third kappa shape index (κ3) is 3.21. The Morgan fingerprint density at radius 1 is 1.14 bits per heavy atom. The van der Waals surface area contributed by atoms with E-state index < -0.39 is 10.5 Å². The van der Waals surface area contributed by atoms with E-state index in [4.69, 9.17) is 10.5 Å². The molecule has 0 atom stereocenters. The molecule has 0 radical (unpaired) electrons. The molecule has 10 nitrogen and oxygen atoms in total. The van der Waals surface area contributed by atoms with Crippen molar-refractivity contribution in [3.05, 3.63) is 74.2 Å². The van der Waals surface area contributed by atoms with Gasteiger partial charge in [0.25, 0.3) is 11.4 Å². The second kappa shape index (κ2) is 7.27. The minimum absolute atomic E-state index is 0.0369. The lowest BCUT2D eigenvalue weighted by atomic mass is 9.97. The number of nitrogens with one attached hydrogen (secondary N) is 1. The molecule has 0 aliphatic heterocycles. The van der Waals surface area contributed by atoms with Gasteiger partial charge in [-0.05, 0) is 23.8 Å². The van der Waals surface area contributed by atoms with Crippen LogP contribution in [0.5, 0.6) is 11.6 Å². The molecule has 3 N–H and O–H groups in total. The molecular weight excluding hydrogens is 364 g/mol. The lowest BCUT2D eigenvalue weighted by molar-refractivity contribution is -0.386. The predicted octanol–water partition coefficient (Wildman–Crippen LogP) is 2.46. The standard InChI is InChI=1S/C18H10N6O4/c19-8-12-15(13(9-20)17(25)23-16(12)21)10-3-5-11(6-4-10)28-18-14(24(26)27)2-1-7-22-18/h1-7H,(H3,21,23,25). The first-order valence-corrected chi connectivity index (χ1v) is 7.70. The molecule has 10 heteroatoms. The van der Waals surface area contributed by atoms with Gasteiger partial charge in [-0.25, -0.2) is 4.98 Å². The molecule has 0 amide bonds. The Morgan fingerprint density at radius 2 is 1.82 bits per heavy atom. The maximum absolute atomic E-state index is 12.0. The van der Waals surface area contributed by atoms with Crippen molar-refractivity contribution in [2.24, 2.45) is 0 Å². The number of benzene rings is 1. The van der Waals surface area contributed by atoms with Gasteiger partial charge in [0.2, 0.25) is 0 Å². The van der Waals surface area contributed by atoms with E-state index in [9.17, 15) is 25.4 Å². The van der Waals surface area contributed by atoms with Gasteiger partial charge >= 0.3 is 5.69 Å². The first-order valence-electron chi connectivity index (χ1n) is 7.70. The third-order valence-electron chi connectivity index (χ3n) is 3.77. The maximum Gasteiger partial charge on any atom is 0.331 e. The van der Waals surface area contributed by atoms with E-state index in [1.165, 1.54) is 42.6 Å². The molecule has 3 aromatic rings. The zero-order valence-corrected chi connectivity index (χ0v) is 14.0. The number of anilines is 1. The number of H-pyrrole nitrogens is 1. The minimum atomic E-state index is -0.710. The zero-order chi connectivity index (χ0) is 20.3. The fraction of sp³-hybridized carbons (Fsp3) is 0. The monoisotopic (exact) mass is 374 g/mol. The van der Waals surface area contributed by atoms with Crippen LogP contribution in [0.4, 0.5) is 11.5 Å². The summed E-state index contributed by atoms with van der Waals surface area (Å²) in [6.07, 6.45) is 1.36. The van der Waals surface area contributed by atoms with Gasteiger partial charge in [-0.1, -0.05) is 12.1 Å². The fourth-order valence-corrected chi connectivity index (χ4v) is 2.53. The highest BCUT2D eigenvalue weighted by atomic mass is 16.6. The molecule has 0 aliphatic rings. The number of hydrogen-bond donors (Lipinski definition) is 2. The summed E-state index contributed by atoms with van der Waals surface area (Å²) in [5, 5.41) is 29.7. The van der Waals surface area contributed by atoms with E-state index in [0.717, 1.165) is 0 Å². The van der Waals surface area contributed by atoms with Crippen molar-refractivity contribution in [3.63, 3.8) is 0 Å².